The largest absolute Gasteiger partial charge is 0.493 e. The van der Waals surface area contributed by atoms with E-state index in [1.165, 1.54) is 0 Å². The first-order valence-corrected chi connectivity index (χ1v) is 6.32. The normalized spacial score (nSPS) is 10.1. The molecule has 1 heterocycles. The van der Waals surface area contributed by atoms with E-state index in [-0.39, 0.29) is 0 Å². The van der Waals surface area contributed by atoms with Crippen molar-refractivity contribution in [2.45, 2.75) is 6.61 Å². The maximum Gasteiger partial charge on any atom is 0.161 e. The van der Waals surface area contributed by atoms with E-state index in [2.05, 4.69) is 20.9 Å². The topological polar surface area (TPSA) is 31.4 Å². The van der Waals surface area contributed by atoms with E-state index < -0.39 is 0 Å². The first-order chi connectivity index (χ1) is 7.79. The minimum atomic E-state index is 0.447. The van der Waals surface area contributed by atoms with Gasteiger partial charge in [0.1, 0.15) is 6.61 Å². The molecule has 0 spiro atoms. The van der Waals surface area contributed by atoms with E-state index in [1.807, 2.05) is 29.6 Å². The molecule has 0 saturated heterocycles. The Bertz CT molecular complexity index is 473. The average Bonchev–Trinajstić information content (AvgIpc) is 2.73. The van der Waals surface area contributed by atoms with Crippen LogP contribution in [-0.2, 0) is 6.61 Å². The molecule has 2 aromatic rings. The first kappa shape index (κ1) is 11.4. The van der Waals surface area contributed by atoms with E-state index >= 15 is 0 Å². The Morgan fingerprint density at radius 1 is 1.31 bits per heavy atom. The van der Waals surface area contributed by atoms with Gasteiger partial charge in [-0.2, -0.15) is 0 Å². The predicted octanol–water partition coefficient (Wildman–Crippen LogP) is 3.49. The number of hydrogen-bond acceptors (Lipinski definition) is 4. The second-order valence-electron chi connectivity index (χ2n) is 3.03. The Hall–Kier alpha value is -1.07. The van der Waals surface area contributed by atoms with Crippen LogP contribution in [0.1, 0.15) is 5.69 Å². The zero-order valence-corrected chi connectivity index (χ0v) is 11.0. The highest BCUT2D eigenvalue weighted by Crippen LogP contribution is 2.27. The van der Waals surface area contributed by atoms with Crippen molar-refractivity contribution in [3.63, 3.8) is 0 Å². The van der Waals surface area contributed by atoms with E-state index in [9.17, 15) is 0 Å². The molecule has 2 rings (SSSR count). The summed E-state index contributed by atoms with van der Waals surface area (Å²) in [4.78, 5) is 4.25. The average molecular weight is 300 g/mol. The Balaban J connectivity index is 2.04. The standard InChI is InChI=1S/C11H10BrNO2S/c1-14-9-4-2-3-5-10(9)15-6-8-7-16-11(12)13-8/h2-5,7H,6H2,1H3. The number of aromatic nitrogens is 1. The Morgan fingerprint density at radius 3 is 2.69 bits per heavy atom. The Labute approximate surface area is 106 Å². The van der Waals surface area contributed by atoms with Gasteiger partial charge in [0.25, 0.3) is 0 Å². The van der Waals surface area contributed by atoms with Crippen LogP contribution in [-0.4, -0.2) is 12.1 Å². The first-order valence-electron chi connectivity index (χ1n) is 4.65. The monoisotopic (exact) mass is 299 g/mol. The summed E-state index contributed by atoms with van der Waals surface area (Å²) in [5.41, 5.74) is 0.905. The molecule has 5 heteroatoms. The molecule has 0 bridgehead atoms. The third-order valence-corrected chi connectivity index (χ3v) is 3.38. The minimum Gasteiger partial charge on any atom is -0.493 e. The molecule has 0 aliphatic rings. The lowest BCUT2D eigenvalue weighted by molar-refractivity contribution is 0.281. The quantitative estimate of drug-likeness (QED) is 0.866. The fourth-order valence-electron chi connectivity index (χ4n) is 1.24. The van der Waals surface area contributed by atoms with Crippen molar-refractivity contribution < 1.29 is 9.47 Å². The lowest BCUT2D eigenvalue weighted by Crippen LogP contribution is -1.97. The highest BCUT2D eigenvalue weighted by atomic mass is 79.9. The summed E-state index contributed by atoms with van der Waals surface area (Å²) >= 11 is 4.86. The van der Waals surface area contributed by atoms with Gasteiger partial charge in [0.05, 0.1) is 12.8 Å². The molecule has 16 heavy (non-hydrogen) atoms. The van der Waals surface area contributed by atoms with Crippen LogP contribution in [0.2, 0.25) is 0 Å². The van der Waals surface area contributed by atoms with Gasteiger partial charge in [0, 0.05) is 5.38 Å². The van der Waals surface area contributed by atoms with E-state index in [4.69, 9.17) is 9.47 Å². The smallest absolute Gasteiger partial charge is 0.161 e. The lowest BCUT2D eigenvalue weighted by atomic mass is 10.3. The van der Waals surface area contributed by atoms with Crippen LogP contribution in [0, 0.1) is 0 Å². The van der Waals surface area contributed by atoms with Crippen LogP contribution in [0.25, 0.3) is 0 Å². The van der Waals surface area contributed by atoms with Gasteiger partial charge in [0.15, 0.2) is 15.4 Å². The van der Waals surface area contributed by atoms with Crippen molar-refractivity contribution in [3.8, 4) is 11.5 Å². The van der Waals surface area contributed by atoms with Crippen molar-refractivity contribution >= 4 is 27.3 Å². The van der Waals surface area contributed by atoms with Gasteiger partial charge in [-0.25, -0.2) is 4.98 Å². The molecular formula is C11H10BrNO2S. The summed E-state index contributed by atoms with van der Waals surface area (Å²) in [6, 6.07) is 7.56. The highest BCUT2D eigenvalue weighted by Gasteiger charge is 2.04. The number of halogens is 1. The van der Waals surface area contributed by atoms with Crippen LogP contribution < -0.4 is 9.47 Å². The van der Waals surface area contributed by atoms with Gasteiger partial charge in [0.2, 0.25) is 0 Å². The van der Waals surface area contributed by atoms with Crippen LogP contribution in [0.15, 0.2) is 33.6 Å². The number of methoxy groups -OCH3 is 1. The summed E-state index contributed by atoms with van der Waals surface area (Å²) in [7, 11) is 1.63. The van der Waals surface area contributed by atoms with Gasteiger partial charge >= 0.3 is 0 Å². The predicted molar refractivity (Wildman–Crippen MR) is 67.1 cm³/mol. The third kappa shape index (κ3) is 2.74. The fraction of sp³-hybridized carbons (Fsp3) is 0.182. The number of hydrogen-bond donors (Lipinski definition) is 0. The van der Waals surface area contributed by atoms with E-state index in [0.717, 1.165) is 21.1 Å². The van der Waals surface area contributed by atoms with Gasteiger partial charge < -0.3 is 9.47 Å². The zero-order valence-electron chi connectivity index (χ0n) is 8.64. The van der Waals surface area contributed by atoms with Crippen LogP contribution in [0.3, 0.4) is 0 Å². The van der Waals surface area contributed by atoms with Crippen LogP contribution >= 0.6 is 27.3 Å². The van der Waals surface area contributed by atoms with Crippen molar-refractivity contribution in [3.05, 3.63) is 39.3 Å². The van der Waals surface area contributed by atoms with Gasteiger partial charge in [-0.3, -0.25) is 0 Å². The maximum absolute atomic E-state index is 5.63. The molecule has 0 atom stereocenters. The van der Waals surface area contributed by atoms with E-state index in [0.29, 0.717) is 6.61 Å². The minimum absolute atomic E-state index is 0.447. The summed E-state index contributed by atoms with van der Waals surface area (Å²) in [6.45, 7) is 0.447. The molecule has 0 fully saturated rings. The molecule has 1 aromatic carbocycles. The molecule has 0 N–H and O–H groups in total. The number of ether oxygens (including phenoxy) is 2. The number of nitrogens with zero attached hydrogens (tertiary/aromatic N) is 1. The van der Waals surface area contributed by atoms with Crippen LogP contribution in [0.5, 0.6) is 11.5 Å². The van der Waals surface area contributed by atoms with Crippen LogP contribution in [0.4, 0.5) is 0 Å². The Morgan fingerprint density at radius 2 is 2.06 bits per heavy atom. The second-order valence-corrected chi connectivity index (χ2v) is 5.17. The number of benzene rings is 1. The lowest BCUT2D eigenvalue weighted by Gasteiger charge is -2.08. The van der Waals surface area contributed by atoms with Crippen molar-refractivity contribution in [1.29, 1.82) is 0 Å². The van der Waals surface area contributed by atoms with Gasteiger partial charge in [-0.05, 0) is 28.1 Å². The fourth-order valence-corrected chi connectivity index (χ4v) is 2.27. The van der Waals surface area contributed by atoms with Gasteiger partial charge in [-0.1, -0.05) is 12.1 Å². The summed E-state index contributed by atoms with van der Waals surface area (Å²) in [5.74, 6) is 1.46. The number of para-hydroxylation sites is 2. The number of rotatable bonds is 4. The summed E-state index contributed by atoms with van der Waals surface area (Å²) in [6.07, 6.45) is 0. The van der Waals surface area contributed by atoms with Crippen molar-refractivity contribution in [2.24, 2.45) is 0 Å². The molecule has 0 amide bonds. The van der Waals surface area contributed by atoms with Gasteiger partial charge in [-0.15, -0.1) is 11.3 Å². The summed E-state index contributed by atoms with van der Waals surface area (Å²) in [5, 5.41) is 1.96. The number of thiazole rings is 1. The molecule has 0 unspecified atom stereocenters. The van der Waals surface area contributed by atoms with E-state index in [1.54, 1.807) is 18.4 Å². The molecule has 0 aliphatic heterocycles. The molecule has 0 saturated carbocycles. The Kier molecular flexibility index (Phi) is 3.79. The van der Waals surface area contributed by atoms with Crippen molar-refractivity contribution in [2.75, 3.05) is 7.11 Å². The molecule has 3 nitrogen and oxygen atoms in total. The third-order valence-electron chi connectivity index (χ3n) is 1.97. The molecule has 1 aromatic heterocycles. The zero-order chi connectivity index (χ0) is 11.4. The molecule has 0 aliphatic carbocycles. The second kappa shape index (κ2) is 5.32. The van der Waals surface area contributed by atoms with Crippen molar-refractivity contribution in [1.82, 2.24) is 4.98 Å². The maximum atomic E-state index is 5.63. The molecule has 84 valence electrons. The SMILES string of the molecule is COc1ccccc1OCc1csc(Br)n1. The summed E-state index contributed by atoms with van der Waals surface area (Å²) < 4.78 is 11.7. The molecule has 0 radical (unpaired) electrons. The molecular weight excluding hydrogens is 290 g/mol. The highest BCUT2D eigenvalue weighted by molar-refractivity contribution is 9.11.